The summed E-state index contributed by atoms with van der Waals surface area (Å²) in [7, 11) is 0. The number of aryl methyl sites for hydroxylation is 1. The lowest BCUT2D eigenvalue weighted by Gasteiger charge is -2.19. The molecule has 2 aromatic carbocycles. The molecule has 0 bridgehead atoms. The maximum atomic E-state index is 13.0. The highest BCUT2D eigenvalue weighted by molar-refractivity contribution is 6.01. The van der Waals surface area contributed by atoms with Gasteiger partial charge in [0.1, 0.15) is 0 Å². The van der Waals surface area contributed by atoms with Crippen LogP contribution in [-0.2, 0) is 5.41 Å². The minimum atomic E-state index is -0.395. The first-order valence-corrected chi connectivity index (χ1v) is 9.71. The van der Waals surface area contributed by atoms with E-state index in [4.69, 9.17) is 5.73 Å². The average Bonchev–Trinajstić information content (AvgIpc) is 2.99. The van der Waals surface area contributed by atoms with Crippen LogP contribution in [0.5, 0.6) is 0 Å². The molecule has 30 heavy (non-hydrogen) atoms. The van der Waals surface area contributed by atoms with E-state index in [1.807, 2.05) is 24.3 Å². The number of hydrazone groups is 1. The Balaban J connectivity index is 1.87. The Morgan fingerprint density at radius 3 is 2.40 bits per heavy atom. The van der Waals surface area contributed by atoms with Crippen molar-refractivity contribution in [1.29, 1.82) is 0 Å². The van der Waals surface area contributed by atoms with Crippen molar-refractivity contribution < 1.29 is 4.79 Å². The molecule has 0 radical (unpaired) electrons. The van der Waals surface area contributed by atoms with Gasteiger partial charge in [-0.05, 0) is 55.2 Å². The van der Waals surface area contributed by atoms with Crippen LogP contribution in [0.2, 0.25) is 0 Å². The van der Waals surface area contributed by atoms with Crippen molar-refractivity contribution in [3.63, 3.8) is 0 Å². The normalized spacial score (nSPS) is 12.1. The lowest BCUT2D eigenvalue weighted by atomic mass is 9.87. The lowest BCUT2D eigenvalue weighted by Crippen LogP contribution is -2.23. The molecule has 0 saturated carbocycles. The van der Waals surface area contributed by atoms with Crippen LogP contribution < -0.4 is 16.7 Å². The summed E-state index contributed by atoms with van der Waals surface area (Å²) >= 11 is 0. The van der Waals surface area contributed by atoms with Crippen molar-refractivity contribution in [3.8, 4) is 5.69 Å². The molecule has 0 aliphatic heterocycles. The van der Waals surface area contributed by atoms with E-state index in [2.05, 4.69) is 36.4 Å². The number of aromatic nitrogens is 2. The second-order valence-corrected chi connectivity index (χ2v) is 8.31. The van der Waals surface area contributed by atoms with Crippen molar-refractivity contribution in [3.05, 3.63) is 81.3 Å². The topological polar surface area (TPSA) is 105 Å². The van der Waals surface area contributed by atoms with Gasteiger partial charge >= 0.3 is 0 Å². The fourth-order valence-corrected chi connectivity index (χ4v) is 3.20. The van der Waals surface area contributed by atoms with Crippen LogP contribution in [0.4, 0.5) is 5.69 Å². The number of nitrogens with one attached hydrogen (secondary N) is 2. The van der Waals surface area contributed by atoms with Gasteiger partial charge in [0.25, 0.3) is 11.5 Å². The smallest absolute Gasteiger partial charge is 0.280 e. The maximum absolute atomic E-state index is 13.0. The molecule has 0 atom stereocenters. The third kappa shape index (κ3) is 4.35. The van der Waals surface area contributed by atoms with Gasteiger partial charge in [-0.3, -0.25) is 14.7 Å². The summed E-state index contributed by atoms with van der Waals surface area (Å²) in [4.78, 5) is 25.3. The van der Waals surface area contributed by atoms with E-state index in [1.54, 1.807) is 38.1 Å². The van der Waals surface area contributed by atoms with E-state index in [1.165, 1.54) is 10.2 Å². The molecular weight excluding hydrogens is 378 g/mol. The highest BCUT2D eigenvalue weighted by Gasteiger charge is 2.17. The Labute approximate surface area is 175 Å². The first kappa shape index (κ1) is 21.1. The van der Waals surface area contributed by atoms with Crippen LogP contribution >= 0.6 is 0 Å². The van der Waals surface area contributed by atoms with Gasteiger partial charge in [0.05, 0.1) is 17.0 Å². The number of benzene rings is 2. The molecule has 4 N–H and O–H groups in total. The molecule has 0 fully saturated rings. The van der Waals surface area contributed by atoms with E-state index in [0.29, 0.717) is 28.2 Å². The first-order chi connectivity index (χ1) is 14.1. The first-order valence-electron chi connectivity index (χ1n) is 9.71. The number of H-pyrrole nitrogens is 1. The number of hydrogen-bond donors (Lipinski definition) is 3. The monoisotopic (exact) mass is 405 g/mol. The van der Waals surface area contributed by atoms with E-state index in [0.717, 1.165) is 5.69 Å². The zero-order valence-electron chi connectivity index (χ0n) is 17.9. The van der Waals surface area contributed by atoms with Gasteiger partial charge < -0.3 is 5.73 Å². The zero-order chi connectivity index (χ0) is 22.1. The third-order valence-corrected chi connectivity index (χ3v) is 4.90. The number of aromatic amines is 1. The predicted molar refractivity (Wildman–Crippen MR) is 120 cm³/mol. The molecule has 0 unspecified atom stereocenters. The van der Waals surface area contributed by atoms with Crippen LogP contribution in [0.25, 0.3) is 5.69 Å². The third-order valence-electron chi connectivity index (χ3n) is 4.90. The van der Waals surface area contributed by atoms with Crippen molar-refractivity contribution in [2.24, 2.45) is 5.10 Å². The number of nitrogen functional groups attached to an aromatic ring is 1. The average molecular weight is 406 g/mol. The number of carbonyl (C=O) groups is 1. The molecule has 156 valence electrons. The largest absolute Gasteiger partial charge is 0.399 e. The minimum absolute atomic E-state index is 0.0329. The molecule has 0 aliphatic carbocycles. The zero-order valence-corrected chi connectivity index (χ0v) is 17.9. The van der Waals surface area contributed by atoms with Crippen LogP contribution in [-0.4, -0.2) is 21.4 Å². The molecule has 1 amide bonds. The molecule has 3 aromatic rings. The van der Waals surface area contributed by atoms with Crippen LogP contribution in [0.3, 0.4) is 0 Å². The van der Waals surface area contributed by atoms with Gasteiger partial charge in [0, 0.05) is 16.9 Å². The summed E-state index contributed by atoms with van der Waals surface area (Å²) in [6.07, 6.45) is 0. The van der Waals surface area contributed by atoms with Crippen LogP contribution in [0.1, 0.15) is 54.9 Å². The molecule has 7 nitrogen and oxygen atoms in total. The minimum Gasteiger partial charge on any atom is -0.399 e. The van der Waals surface area contributed by atoms with Crippen molar-refractivity contribution >= 4 is 17.3 Å². The standard InChI is InChI=1S/C23H27N5O2/c1-14(25-26-21(29)16-7-6-8-18(24)13-16)20-15(2)27-28(22(20)30)19-11-9-17(10-12-19)23(3,4)5/h6-13,27H,24H2,1-5H3,(H,26,29)/b25-14-. The molecule has 7 heteroatoms. The molecule has 0 spiro atoms. The van der Waals surface area contributed by atoms with E-state index >= 15 is 0 Å². The van der Waals surface area contributed by atoms with E-state index in [-0.39, 0.29) is 11.0 Å². The molecule has 1 heterocycles. The summed E-state index contributed by atoms with van der Waals surface area (Å²) in [6, 6.07) is 14.5. The van der Waals surface area contributed by atoms with Gasteiger partial charge in [0.15, 0.2) is 0 Å². The molecule has 1 aromatic heterocycles. The Kier molecular flexibility index (Phi) is 5.64. The van der Waals surface area contributed by atoms with E-state index in [9.17, 15) is 9.59 Å². The van der Waals surface area contributed by atoms with Gasteiger partial charge in [0.2, 0.25) is 0 Å². The van der Waals surface area contributed by atoms with E-state index < -0.39 is 5.91 Å². The number of anilines is 1. The number of nitrogens with two attached hydrogens (primary N) is 1. The fourth-order valence-electron chi connectivity index (χ4n) is 3.20. The highest BCUT2D eigenvalue weighted by Crippen LogP contribution is 2.23. The summed E-state index contributed by atoms with van der Waals surface area (Å²) in [5.41, 5.74) is 12.3. The fraction of sp³-hybridized carbons (Fsp3) is 0.261. The number of carbonyl (C=O) groups excluding carboxylic acids is 1. The molecular formula is C23H27N5O2. The van der Waals surface area contributed by atoms with Gasteiger partial charge in [-0.1, -0.05) is 39.0 Å². The lowest BCUT2D eigenvalue weighted by molar-refractivity contribution is 0.0955. The van der Waals surface area contributed by atoms with Gasteiger partial charge in [-0.2, -0.15) is 5.10 Å². The van der Waals surface area contributed by atoms with Crippen molar-refractivity contribution in [1.82, 2.24) is 15.2 Å². The van der Waals surface area contributed by atoms with Crippen molar-refractivity contribution in [2.75, 3.05) is 5.73 Å². The van der Waals surface area contributed by atoms with Crippen LogP contribution in [0.15, 0.2) is 58.4 Å². The predicted octanol–water partition coefficient (Wildman–Crippen LogP) is 3.51. The Morgan fingerprint density at radius 2 is 1.80 bits per heavy atom. The Bertz CT molecular complexity index is 1160. The molecule has 3 rings (SSSR count). The number of nitrogens with zero attached hydrogens (tertiary/aromatic N) is 2. The SMILES string of the molecule is C/C(=N/NC(=O)c1cccc(N)c1)c1c(C)[nH]n(-c2ccc(C(C)(C)C)cc2)c1=O. The quantitative estimate of drug-likeness (QED) is 0.351. The highest BCUT2D eigenvalue weighted by atomic mass is 16.2. The summed E-state index contributed by atoms with van der Waals surface area (Å²) in [6.45, 7) is 9.91. The number of amides is 1. The molecule has 0 aliphatic rings. The second kappa shape index (κ2) is 8.02. The van der Waals surface area contributed by atoms with Crippen molar-refractivity contribution in [2.45, 2.75) is 40.0 Å². The summed E-state index contributed by atoms with van der Waals surface area (Å²) < 4.78 is 1.48. The maximum Gasteiger partial charge on any atom is 0.280 e. The van der Waals surface area contributed by atoms with Gasteiger partial charge in [-0.25, -0.2) is 10.1 Å². The summed E-state index contributed by atoms with van der Waals surface area (Å²) in [5, 5.41) is 7.21. The Morgan fingerprint density at radius 1 is 1.13 bits per heavy atom. The van der Waals surface area contributed by atoms with Gasteiger partial charge in [-0.15, -0.1) is 0 Å². The van der Waals surface area contributed by atoms with Crippen LogP contribution in [0, 0.1) is 6.92 Å². The molecule has 0 saturated heterocycles. The number of hydrogen-bond acceptors (Lipinski definition) is 4. The Hall–Kier alpha value is -3.61. The second-order valence-electron chi connectivity index (χ2n) is 8.31. The summed E-state index contributed by atoms with van der Waals surface area (Å²) in [5.74, 6) is -0.395. The number of rotatable bonds is 4.